The van der Waals surface area contributed by atoms with E-state index in [4.69, 9.17) is 14.2 Å². The summed E-state index contributed by atoms with van der Waals surface area (Å²) in [5.41, 5.74) is 0. The molecule has 6 heteroatoms. The average molecular weight is 859 g/mol. The number of carbonyl (C=O) groups is 3. The lowest BCUT2D eigenvalue weighted by Crippen LogP contribution is -2.30. The normalized spacial score (nSPS) is 12.1. The number of hydrogen-bond acceptors (Lipinski definition) is 6. The highest BCUT2D eigenvalue weighted by atomic mass is 16.6. The van der Waals surface area contributed by atoms with Crippen molar-refractivity contribution in [1.82, 2.24) is 0 Å². The van der Waals surface area contributed by atoms with Crippen molar-refractivity contribution in [2.75, 3.05) is 13.2 Å². The van der Waals surface area contributed by atoms with Crippen LogP contribution in [0, 0.1) is 0 Å². The first-order valence-electron chi connectivity index (χ1n) is 26.8. The van der Waals surface area contributed by atoms with Gasteiger partial charge in [-0.3, -0.25) is 14.4 Å². The molecule has 0 bridgehead atoms. The van der Waals surface area contributed by atoms with Gasteiger partial charge < -0.3 is 14.2 Å². The Morgan fingerprint density at radius 3 is 0.836 bits per heavy atom. The smallest absolute Gasteiger partial charge is 0.306 e. The van der Waals surface area contributed by atoms with Gasteiger partial charge >= 0.3 is 17.9 Å². The fraction of sp³-hybridized carbons (Fsp3) is 0.873. The highest BCUT2D eigenvalue weighted by Crippen LogP contribution is 2.16. The molecule has 0 fully saturated rings. The van der Waals surface area contributed by atoms with Gasteiger partial charge in [0.05, 0.1) is 0 Å². The van der Waals surface area contributed by atoms with Crippen molar-refractivity contribution in [3.63, 3.8) is 0 Å². The maximum absolute atomic E-state index is 12.8. The summed E-state index contributed by atoms with van der Waals surface area (Å²) in [4.78, 5) is 38.0. The van der Waals surface area contributed by atoms with Gasteiger partial charge in [-0.25, -0.2) is 0 Å². The van der Waals surface area contributed by atoms with E-state index in [0.29, 0.717) is 19.3 Å². The first-order chi connectivity index (χ1) is 30.0. The zero-order chi connectivity index (χ0) is 44.4. The summed E-state index contributed by atoms with van der Waals surface area (Å²) in [5, 5.41) is 0. The third-order valence-corrected chi connectivity index (χ3v) is 11.9. The molecule has 0 amide bonds. The highest BCUT2D eigenvalue weighted by molar-refractivity contribution is 5.71. The van der Waals surface area contributed by atoms with Gasteiger partial charge in [-0.2, -0.15) is 0 Å². The Balaban J connectivity index is 4.33. The number of unbranched alkanes of at least 4 members (excludes halogenated alkanes) is 34. The predicted molar refractivity (Wildman–Crippen MR) is 261 cm³/mol. The molecule has 0 rings (SSSR count). The minimum absolute atomic E-state index is 0.0733. The molecule has 0 aliphatic carbocycles. The maximum Gasteiger partial charge on any atom is 0.306 e. The molecule has 0 aliphatic rings. The highest BCUT2D eigenvalue weighted by Gasteiger charge is 2.19. The van der Waals surface area contributed by atoms with Crippen LogP contribution in [0.5, 0.6) is 0 Å². The molecule has 0 aromatic carbocycles. The third-order valence-electron chi connectivity index (χ3n) is 11.9. The summed E-state index contributed by atoms with van der Waals surface area (Å²) < 4.78 is 16.8. The summed E-state index contributed by atoms with van der Waals surface area (Å²) in [6, 6.07) is 0. The predicted octanol–water partition coefficient (Wildman–Crippen LogP) is 17.5. The van der Waals surface area contributed by atoms with Gasteiger partial charge in [0, 0.05) is 19.3 Å². The van der Waals surface area contributed by atoms with Gasteiger partial charge in [-0.15, -0.1) is 0 Å². The zero-order valence-electron chi connectivity index (χ0n) is 40.9. The minimum atomic E-state index is -0.774. The summed E-state index contributed by atoms with van der Waals surface area (Å²) >= 11 is 0. The van der Waals surface area contributed by atoms with Gasteiger partial charge in [0.2, 0.25) is 0 Å². The molecule has 358 valence electrons. The molecular weight excluding hydrogens is 757 g/mol. The SMILES string of the molecule is CCCCCC/C=C\CCCCCCCC(=O)OCC(COC(=O)CCCCCCCCCCCCCCCCCCC)OC(=O)CCCCCCC/C=C\CCCCCC. The van der Waals surface area contributed by atoms with Crippen LogP contribution in [-0.2, 0) is 28.6 Å². The summed E-state index contributed by atoms with van der Waals surface area (Å²) in [6.45, 7) is 6.63. The monoisotopic (exact) mass is 859 g/mol. The Labute approximate surface area is 379 Å². The van der Waals surface area contributed by atoms with Crippen LogP contribution in [-0.4, -0.2) is 37.2 Å². The Kier molecular flexibility index (Phi) is 48.8. The number of rotatable bonds is 49. The van der Waals surface area contributed by atoms with Gasteiger partial charge in [0.1, 0.15) is 13.2 Å². The Hall–Kier alpha value is -2.11. The van der Waals surface area contributed by atoms with Crippen molar-refractivity contribution in [1.29, 1.82) is 0 Å². The number of ether oxygens (including phenoxy) is 3. The fourth-order valence-corrected chi connectivity index (χ4v) is 7.84. The second-order valence-electron chi connectivity index (χ2n) is 18.1. The largest absolute Gasteiger partial charge is 0.462 e. The molecule has 1 atom stereocenters. The molecule has 0 aromatic rings. The van der Waals surface area contributed by atoms with E-state index in [1.54, 1.807) is 0 Å². The molecule has 6 nitrogen and oxygen atoms in total. The molecule has 0 saturated heterocycles. The molecule has 0 spiro atoms. The maximum atomic E-state index is 12.8. The van der Waals surface area contributed by atoms with Crippen molar-refractivity contribution in [3.8, 4) is 0 Å². The fourth-order valence-electron chi connectivity index (χ4n) is 7.84. The van der Waals surface area contributed by atoms with E-state index in [2.05, 4.69) is 45.1 Å². The van der Waals surface area contributed by atoms with Crippen molar-refractivity contribution < 1.29 is 28.6 Å². The van der Waals surface area contributed by atoms with Crippen molar-refractivity contribution >= 4 is 17.9 Å². The van der Waals surface area contributed by atoms with Crippen LogP contribution in [0.3, 0.4) is 0 Å². The molecular formula is C55H102O6. The van der Waals surface area contributed by atoms with E-state index in [0.717, 1.165) is 70.6 Å². The van der Waals surface area contributed by atoms with Crippen LogP contribution in [0.4, 0.5) is 0 Å². The number of allylic oxidation sites excluding steroid dienone is 4. The number of hydrogen-bond donors (Lipinski definition) is 0. The van der Waals surface area contributed by atoms with E-state index in [-0.39, 0.29) is 31.1 Å². The summed E-state index contributed by atoms with van der Waals surface area (Å²) in [6.07, 6.45) is 57.3. The van der Waals surface area contributed by atoms with Crippen molar-refractivity contribution in [2.24, 2.45) is 0 Å². The second-order valence-corrected chi connectivity index (χ2v) is 18.1. The Morgan fingerprint density at radius 2 is 0.541 bits per heavy atom. The van der Waals surface area contributed by atoms with Crippen LogP contribution >= 0.6 is 0 Å². The lowest BCUT2D eigenvalue weighted by Gasteiger charge is -2.18. The van der Waals surface area contributed by atoms with E-state index in [1.165, 1.54) is 180 Å². The molecule has 0 aromatic heterocycles. The van der Waals surface area contributed by atoms with Crippen LogP contribution in [0.2, 0.25) is 0 Å². The molecule has 0 radical (unpaired) electrons. The Morgan fingerprint density at radius 1 is 0.311 bits per heavy atom. The van der Waals surface area contributed by atoms with Crippen LogP contribution < -0.4 is 0 Å². The molecule has 0 heterocycles. The lowest BCUT2D eigenvalue weighted by atomic mass is 10.0. The molecule has 0 N–H and O–H groups in total. The molecule has 61 heavy (non-hydrogen) atoms. The average Bonchev–Trinajstić information content (AvgIpc) is 3.26. The first-order valence-corrected chi connectivity index (χ1v) is 26.8. The lowest BCUT2D eigenvalue weighted by molar-refractivity contribution is -0.167. The van der Waals surface area contributed by atoms with Crippen LogP contribution in [0.1, 0.15) is 290 Å². The Bertz CT molecular complexity index is 989. The molecule has 0 saturated carbocycles. The summed E-state index contributed by atoms with van der Waals surface area (Å²) in [7, 11) is 0. The number of esters is 3. The standard InChI is InChI=1S/C55H102O6/c1-4-7-10-13-16-19-22-25-26-27-28-31-33-36-39-42-45-48-54(57)60-51-52(61-55(58)49-46-43-40-37-34-30-24-21-18-15-12-9-6-3)50-59-53(56)47-44-41-38-35-32-29-23-20-17-14-11-8-5-2/h20-21,23-24,52H,4-19,22,25-51H2,1-3H3/b23-20-,24-21-. The van der Waals surface area contributed by atoms with Crippen molar-refractivity contribution in [3.05, 3.63) is 24.3 Å². The number of carbonyl (C=O) groups excluding carboxylic acids is 3. The van der Waals surface area contributed by atoms with Crippen LogP contribution in [0.25, 0.3) is 0 Å². The van der Waals surface area contributed by atoms with E-state index in [1.807, 2.05) is 0 Å². The zero-order valence-corrected chi connectivity index (χ0v) is 40.9. The van der Waals surface area contributed by atoms with Gasteiger partial charge in [0.25, 0.3) is 0 Å². The third kappa shape index (κ3) is 48.8. The minimum Gasteiger partial charge on any atom is -0.462 e. The van der Waals surface area contributed by atoms with E-state index >= 15 is 0 Å². The van der Waals surface area contributed by atoms with Gasteiger partial charge in [-0.1, -0.05) is 225 Å². The molecule has 1 unspecified atom stereocenters. The van der Waals surface area contributed by atoms with Crippen LogP contribution in [0.15, 0.2) is 24.3 Å². The van der Waals surface area contributed by atoms with Crippen molar-refractivity contribution in [2.45, 2.75) is 297 Å². The quantitative estimate of drug-likeness (QED) is 0.0262. The van der Waals surface area contributed by atoms with Gasteiger partial charge in [-0.05, 0) is 70.6 Å². The first kappa shape index (κ1) is 58.9. The topological polar surface area (TPSA) is 78.9 Å². The van der Waals surface area contributed by atoms with Gasteiger partial charge in [0.15, 0.2) is 6.10 Å². The molecule has 0 aliphatic heterocycles. The van der Waals surface area contributed by atoms with E-state index in [9.17, 15) is 14.4 Å². The summed E-state index contributed by atoms with van der Waals surface area (Å²) in [5.74, 6) is -0.877. The second kappa shape index (κ2) is 50.5. The van der Waals surface area contributed by atoms with E-state index < -0.39 is 6.10 Å².